The van der Waals surface area contributed by atoms with E-state index in [0.29, 0.717) is 28.3 Å². The minimum Gasteiger partial charge on any atom is -0.497 e. The highest BCUT2D eigenvalue weighted by molar-refractivity contribution is 8.00. The second-order valence-corrected chi connectivity index (χ2v) is 10.9. The molecule has 0 bridgehead atoms. The van der Waals surface area contributed by atoms with Crippen molar-refractivity contribution in [3.63, 3.8) is 0 Å². The van der Waals surface area contributed by atoms with Crippen molar-refractivity contribution in [2.45, 2.75) is 24.0 Å². The van der Waals surface area contributed by atoms with Crippen LogP contribution in [0.15, 0.2) is 108 Å². The second-order valence-electron chi connectivity index (χ2n) is 9.53. The number of carbonyl (C=O) groups is 3. The number of hydrogen-bond acceptors (Lipinski definition) is 6. The number of para-hydroxylation sites is 1. The van der Waals surface area contributed by atoms with E-state index in [1.165, 1.54) is 24.9 Å². The van der Waals surface area contributed by atoms with Crippen LogP contribution in [0.25, 0.3) is 6.08 Å². The van der Waals surface area contributed by atoms with Gasteiger partial charge in [-0.25, -0.2) is 0 Å². The molecule has 0 aliphatic carbocycles. The predicted molar refractivity (Wildman–Crippen MR) is 172 cm³/mol. The smallest absolute Gasteiger partial charge is 0.272 e. The summed E-state index contributed by atoms with van der Waals surface area (Å²) in [5.74, 6) is 0.000747. The highest BCUT2D eigenvalue weighted by Gasteiger charge is 2.18. The first-order valence-corrected chi connectivity index (χ1v) is 14.4. The van der Waals surface area contributed by atoms with E-state index >= 15 is 0 Å². The van der Waals surface area contributed by atoms with Crippen LogP contribution in [0.5, 0.6) is 11.5 Å². The molecule has 1 atom stereocenters. The molecule has 0 heterocycles. The van der Waals surface area contributed by atoms with Crippen LogP contribution in [0.1, 0.15) is 28.4 Å². The number of amides is 3. The van der Waals surface area contributed by atoms with Gasteiger partial charge in [0, 0.05) is 27.4 Å². The molecule has 0 fully saturated rings. The van der Waals surface area contributed by atoms with E-state index in [9.17, 15) is 14.4 Å². The Kier molecular flexibility index (Phi) is 10.6. The van der Waals surface area contributed by atoms with E-state index in [0.717, 1.165) is 16.1 Å². The van der Waals surface area contributed by atoms with Gasteiger partial charge in [-0.15, -0.1) is 11.8 Å². The first-order valence-electron chi connectivity index (χ1n) is 13.5. The second kappa shape index (κ2) is 14.7. The maximum absolute atomic E-state index is 13.5. The maximum Gasteiger partial charge on any atom is 0.272 e. The molecule has 9 heteroatoms. The zero-order chi connectivity index (χ0) is 30.8. The third-order valence-electron chi connectivity index (χ3n) is 6.46. The molecular weight excluding hydrogens is 562 g/mol. The fourth-order valence-electron chi connectivity index (χ4n) is 4.07. The molecule has 220 valence electrons. The zero-order valence-corrected chi connectivity index (χ0v) is 25.2. The number of carbonyl (C=O) groups excluding carboxylic acids is 3. The van der Waals surface area contributed by atoms with Gasteiger partial charge in [0.1, 0.15) is 17.2 Å². The van der Waals surface area contributed by atoms with Crippen LogP contribution in [0.3, 0.4) is 0 Å². The van der Waals surface area contributed by atoms with Crippen LogP contribution in [-0.2, 0) is 9.59 Å². The number of aryl methyl sites for hydroxylation is 1. The monoisotopic (exact) mass is 595 g/mol. The summed E-state index contributed by atoms with van der Waals surface area (Å²) in [5.41, 5.74) is 3.26. The molecule has 4 aromatic rings. The van der Waals surface area contributed by atoms with Crippen molar-refractivity contribution < 1.29 is 23.9 Å². The summed E-state index contributed by atoms with van der Waals surface area (Å²) in [5, 5.41) is 8.20. The summed E-state index contributed by atoms with van der Waals surface area (Å²) in [6.07, 6.45) is 1.54. The van der Waals surface area contributed by atoms with E-state index in [1.54, 1.807) is 67.8 Å². The first kappa shape index (κ1) is 30.9. The summed E-state index contributed by atoms with van der Waals surface area (Å²) in [7, 11) is 3.06. The fraction of sp³-hybridized carbons (Fsp3) is 0.147. The molecule has 4 aromatic carbocycles. The van der Waals surface area contributed by atoms with Gasteiger partial charge in [0.2, 0.25) is 5.91 Å². The molecule has 0 radical (unpaired) electrons. The SMILES string of the molecule is COc1ccc(OC)c(/C=C(\NC(=O)c2ccccc2)C(=O)Nc2ccc(SC(C)C(=O)Nc3ccccc3C)cc2)c1. The number of nitrogens with one attached hydrogen (secondary N) is 3. The summed E-state index contributed by atoms with van der Waals surface area (Å²) in [6, 6.07) is 28.6. The number of benzene rings is 4. The van der Waals surface area contributed by atoms with Gasteiger partial charge in [-0.3, -0.25) is 14.4 Å². The normalized spacial score (nSPS) is 11.7. The molecule has 0 saturated carbocycles. The summed E-state index contributed by atoms with van der Waals surface area (Å²) in [6.45, 7) is 3.79. The van der Waals surface area contributed by atoms with Gasteiger partial charge < -0.3 is 25.4 Å². The van der Waals surface area contributed by atoms with Crippen molar-refractivity contribution >= 4 is 46.9 Å². The van der Waals surface area contributed by atoms with Gasteiger partial charge in [-0.2, -0.15) is 0 Å². The van der Waals surface area contributed by atoms with Crippen molar-refractivity contribution in [2.75, 3.05) is 24.9 Å². The first-order chi connectivity index (χ1) is 20.8. The number of anilines is 2. The topological polar surface area (TPSA) is 106 Å². The lowest BCUT2D eigenvalue weighted by Crippen LogP contribution is -2.30. The molecule has 4 rings (SSSR count). The number of rotatable bonds is 11. The number of thioether (sulfide) groups is 1. The van der Waals surface area contributed by atoms with Crippen molar-refractivity contribution in [1.82, 2.24) is 5.32 Å². The van der Waals surface area contributed by atoms with Gasteiger partial charge in [0.25, 0.3) is 11.8 Å². The quantitative estimate of drug-likeness (QED) is 0.134. The minimum atomic E-state index is -0.527. The molecule has 0 aliphatic rings. The average molecular weight is 596 g/mol. The van der Waals surface area contributed by atoms with Crippen LogP contribution < -0.4 is 25.4 Å². The maximum atomic E-state index is 13.5. The van der Waals surface area contributed by atoms with E-state index in [-0.39, 0.29) is 16.9 Å². The molecule has 3 amide bonds. The van der Waals surface area contributed by atoms with Gasteiger partial charge in [-0.05, 0) is 86.2 Å². The molecule has 8 nitrogen and oxygen atoms in total. The summed E-state index contributed by atoms with van der Waals surface area (Å²) < 4.78 is 10.8. The van der Waals surface area contributed by atoms with E-state index < -0.39 is 11.8 Å². The molecule has 0 aromatic heterocycles. The Morgan fingerprint density at radius 1 is 0.814 bits per heavy atom. The molecule has 0 saturated heterocycles. The Morgan fingerprint density at radius 2 is 1.51 bits per heavy atom. The van der Waals surface area contributed by atoms with Crippen LogP contribution in [0, 0.1) is 6.92 Å². The Morgan fingerprint density at radius 3 is 2.19 bits per heavy atom. The molecule has 3 N–H and O–H groups in total. The van der Waals surface area contributed by atoms with Crippen LogP contribution in [0.4, 0.5) is 11.4 Å². The zero-order valence-electron chi connectivity index (χ0n) is 24.3. The lowest BCUT2D eigenvalue weighted by Gasteiger charge is -2.15. The number of ether oxygens (including phenoxy) is 2. The fourth-order valence-corrected chi connectivity index (χ4v) is 4.94. The van der Waals surface area contributed by atoms with Gasteiger partial charge in [-0.1, -0.05) is 36.4 Å². The minimum absolute atomic E-state index is 0.0142. The highest BCUT2D eigenvalue weighted by atomic mass is 32.2. The highest BCUT2D eigenvalue weighted by Crippen LogP contribution is 2.28. The summed E-state index contributed by atoms with van der Waals surface area (Å²) >= 11 is 1.41. The van der Waals surface area contributed by atoms with Crippen molar-refractivity contribution in [1.29, 1.82) is 0 Å². The predicted octanol–water partition coefficient (Wildman–Crippen LogP) is 6.54. The Bertz CT molecular complexity index is 1620. The Balaban J connectivity index is 1.50. The largest absolute Gasteiger partial charge is 0.497 e. The average Bonchev–Trinajstić information content (AvgIpc) is 3.03. The van der Waals surface area contributed by atoms with E-state index in [2.05, 4.69) is 16.0 Å². The molecule has 43 heavy (non-hydrogen) atoms. The van der Waals surface area contributed by atoms with Crippen molar-refractivity contribution in [3.8, 4) is 11.5 Å². The van der Waals surface area contributed by atoms with E-state index in [1.807, 2.05) is 50.2 Å². The number of methoxy groups -OCH3 is 2. The van der Waals surface area contributed by atoms with Crippen molar-refractivity contribution in [3.05, 3.63) is 119 Å². The molecule has 0 spiro atoms. The Hall–Kier alpha value is -5.02. The van der Waals surface area contributed by atoms with Crippen LogP contribution in [0.2, 0.25) is 0 Å². The van der Waals surface area contributed by atoms with Crippen LogP contribution >= 0.6 is 11.8 Å². The number of hydrogen-bond donors (Lipinski definition) is 3. The molecule has 1 unspecified atom stereocenters. The van der Waals surface area contributed by atoms with Gasteiger partial charge >= 0.3 is 0 Å². The third-order valence-corrected chi connectivity index (χ3v) is 7.57. The third kappa shape index (κ3) is 8.50. The van der Waals surface area contributed by atoms with E-state index in [4.69, 9.17) is 9.47 Å². The van der Waals surface area contributed by atoms with Gasteiger partial charge in [0.05, 0.1) is 19.5 Å². The lowest BCUT2D eigenvalue weighted by molar-refractivity contribution is -0.115. The molecule has 0 aliphatic heterocycles. The molecular formula is C34H33N3O5S. The standard InChI is InChI=1S/C34H33N3O5S/c1-22-10-8-9-13-29(22)36-32(38)23(2)43-28-17-14-26(15-18-28)35-34(40)30(37-33(39)24-11-6-5-7-12-24)21-25-20-27(41-3)16-19-31(25)42-4/h5-21,23H,1-4H3,(H,35,40)(H,36,38)(H,37,39)/b30-21-. The van der Waals surface area contributed by atoms with Crippen LogP contribution in [-0.4, -0.2) is 37.2 Å². The van der Waals surface area contributed by atoms with Crippen molar-refractivity contribution in [2.24, 2.45) is 0 Å². The lowest BCUT2D eigenvalue weighted by atomic mass is 10.1. The summed E-state index contributed by atoms with van der Waals surface area (Å²) in [4.78, 5) is 40.1. The van der Waals surface area contributed by atoms with Gasteiger partial charge in [0.15, 0.2) is 0 Å². The Labute approximate surface area is 255 Å².